The number of aromatic carboxylic acids is 1. The number of rotatable bonds is 5. The van der Waals surface area contributed by atoms with E-state index in [-0.39, 0.29) is 11.6 Å². The Labute approximate surface area is 121 Å². The maximum Gasteiger partial charge on any atom is 0.336 e. The third kappa shape index (κ3) is 3.82. The van der Waals surface area contributed by atoms with E-state index in [1.54, 1.807) is 31.6 Å². The van der Waals surface area contributed by atoms with Gasteiger partial charge in [-0.15, -0.1) is 0 Å². The highest BCUT2D eigenvalue weighted by Gasteiger charge is 2.11. The lowest BCUT2D eigenvalue weighted by Crippen LogP contribution is -2.30. The summed E-state index contributed by atoms with van der Waals surface area (Å²) in [5.41, 5.74) is 2.10. The van der Waals surface area contributed by atoms with Crippen molar-refractivity contribution >= 4 is 17.7 Å². The predicted octanol–water partition coefficient (Wildman–Crippen LogP) is 1.78. The van der Waals surface area contributed by atoms with Gasteiger partial charge in [-0.05, 0) is 24.6 Å². The highest BCUT2D eigenvalue weighted by atomic mass is 16.4. The number of nitrogens with zero attached hydrogens (tertiary/aromatic N) is 1. The highest BCUT2D eigenvalue weighted by molar-refractivity contribution is 5.95. The molecular weight excluding hydrogens is 272 g/mol. The number of aromatic nitrogens is 2. The Bertz CT molecular complexity index is 638. The Balaban J connectivity index is 1.90. The molecule has 0 aliphatic carbocycles. The van der Waals surface area contributed by atoms with Crippen LogP contribution in [0.2, 0.25) is 0 Å². The van der Waals surface area contributed by atoms with Gasteiger partial charge in [0.25, 0.3) is 0 Å². The van der Waals surface area contributed by atoms with Crippen molar-refractivity contribution in [3.8, 4) is 0 Å². The molecule has 1 aromatic carbocycles. The number of hydrogen-bond donors (Lipinski definition) is 4. The lowest BCUT2D eigenvalue weighted by Gasteiger charge is -2.11. The van der Waals surface area contributed by atoms with Gasteiger partial charge in [-0.1, -0.05) is 6.07 Å². The number of anilines is 1. The monoisotopic (exact) mass is 288 g/mol. The van der Waals surface area contributed by atoms with Crippen molar-refractivity contribution in [1.29, 1.82) is 0 Å². The van der Waals surface area contributed by atoms with Crippen molar-refractivity contribution in [2.45, 2.75) is 13.3 Å². The molecule has 0 saturated carbocycles. The minimum atomic E-state index is -1.02. The largest absolute Gasteiger partial charge is 0.478 e. The number of aromatic amines is 1. The SMILES string of the molecule is Cc1c(NC(=O)NCCc2cnc[nH]2)cccc1C(=O)O. The van der Waals surface area contributed by atoms with Crippen LogP contribution in [0.25, 0.3) is 0 Å². The zero-order chi connectivity index (χ0) is 15.2. The van der Waals surface area contributed by atoms with Crippen molar-refractivity contribution in [1.82, 2.24) is 15.3 Å². The van der Waals surface area contributed by atoms with Gasteiger partial charge in [0.1, 0.15) is 0 Å². The van der Waals surface area contributed by atoms with Gasteiger partial charge in [-0.3, -0.25) is 0 Å². The summed E-state index contributed by atoms with van der Waals surface area (Å²) in [4.78, 5) is 29.6. The van der Waals surface area contributed by atoms with Gasteiger partial charge in [0.05, 0.1) is 11.9 Å². The maximum atomic E-state index is 11.8. The van der Waals surface area contributed by atoms with Crippen LogP contribution >= 0.6 is 0 Å². The highest BCUT2D eigenvalue weighted by Crippen LogP contribution is 2.18. The van der Waals surface area contributed by atoms with E-state index >= 15 is 0 Å². The number of nitrogens with one attached hydrogen (secondary N) is 3. The molecule has 0 atom stereocenters. The van der Waals surface area contributed by atoms with Crippen molar-refractivity contribution in [3.05, 3.63) is 47.5 Å². The van der Waals surface area contributed by atoms with Crippen LogP contribution in [-0.2, 0) is 6.42 Å². The van der Waals surface area contributed by atoms with E-state index in [1.807, 2.05) is 0 Å². The maximum absolute atomic E-state index is 11.8. The summed E-state index contributed by atoms with van der Waals surface area (Å²) in [6.45, 7) is 2.11. The van der Waals surface area contributed by atoms with E-state index in [9.17, 15) is 9.59 Å². The van der Waals surface area contributed by atoms with E-state index in [0.717, 1.165) is 5.69 Å². The van der Waals surface area contributed by atoms with Gasteiger partial charge in [-0.2, -0.15) is 0 Å². The zero-order valence-corrected chi connectivity index (χ0v) is 11.5. The summed E-state index contributed by atoms with van der Waals surface area (Å²) < 4.78 is 0. The van der Waals surface area contributed by atoms with E-state index in [0.29, 0.717) is 24.2 Å². The fraction of sp³-hybridized carbons (Fsp3) is 0.214. The molecule has 0 aliphatic rings. The topological polar surface area (TPSA) is 107 Å². The first-order valence-corrected chi connectivity index (χ1v) is 6.43. The Morgan fingerprint density at radius 1 is 1.38 bits per heavy atom. The second kappa shape index (κ2) is 6.56. The number of carboxylic acid groups (broad SMARTS) is 1. The van der Waals surface area contributed by atoms with Crippen molar-refractivity contribution < 1.29 is 14.7 Å². The van der Waals surface area contributed by atoms with Crippen LogP contribution in [0.15, 0.2) is 30.7 Å². The molecule has 0 bridgehead atoms. The van der Waals surface area contributed by atoms with Crippen LogP contribution in [0.5, 0.6) is 0 Å². The predicted molar refractivity (Wildman–Crippen MR) is 77.5 cm³/mol. The van der Waals surface area contributed by atoms with E-state index in [4.69, 9.17) is 5.11 Å². The van der Waals surface area contributed by atoms with Crippen LogP contribution in [-0.4, -0.2) is 33.6 Å². The van der Waals surface area contributed by atoms with Crippen LogP contribution in [0.4, 0.5) is 10.5 Å². The minimum Gasteiger partial charge on any atom is -0.478 e. The molecule has 0 aliphatic heterocycles. The molecule has 0 saturated heterocycles. The second-order valence-corrected chi connectivity index (χ2v) is 4.49. The lowest BCUT2D eigenvalue weighted by molar-refractivity contribution is 0.0696. The number of H-pyrrole nitrogens is 1. The fourth-order valence-corrected chi connectivity index (χ4v) is 1.90. The Kier molecular flexibility index (Phi) is 4.55. The Morgan fingerprint density at radius 2 is 2.19 bits per heavy atom. The molecule has 2 amide bonds. The molecule has 4 N–H and O–H groups in total. The van der Waals surface area contributed by atoms with Crippen LogP contribution < -0.4 is 10.6 Å². The zero-order valence-electron chi connectivity index (χ0n) is 11.5. The summed E-state index contributed by atoms with van der Waals surface area (Å²) in [6.07, 6.45) is 3.91. The molecule has 0 spiro atoms. The second-order valence-electron chi connectivity index (χ2n) is 4.49. The van der Waals surface area contributed by atoms with Crippen LogP contribution in [0, 0.1) is 6.92 Å². The molecule has 2 aromatic rings. The molecule has 110 valence electrons. The van der Waals surface area contributed by atoms with Crippen LogP contribution in [0.3, 0.4) is 0 Å². The summed E-state index contributed by atoms with van der Waals surface area (Å²) in [5, 5.41) is 14.4. The van der Waals surface area contributed by atoms with Crippen LogP contribution in [0.1, 0.15) is 21.6 Å². The molecular formula is C14H16N4O3. The smallest absolute Gasteiger partial charge is 0.336 e. The molecule has 0 unspecified atom stereocenters. The normalized spacial score (nSPS) is 10.1. The summed E-state index contributed by atoms with van der Waals surface area (Å²) >= 11 is 0. The first kappa shape index (κ1) is 14.6. The lowest BCUT2D eigenvalue weighted by atomic mass is 10.1. The molecule has 21 heavy (non-hydrogen) atoms. The number of carbonyl (C=O) groups excluding carboxylic acids is 1. The number of carbonyl (C=O) groups is 2. The molecule has 7 heteroatoms. The molecule has 2 rings (SSSR count). The Hall–Kier alpha value is -2.83. The average molecular weight is 288 g/mol. The van der Waals surface area contributed by atoms with Gasteiger partial charge in [0.2, 0.25) is 0 Å². The molecule has 1 heterocycles. The van der Waals surface area contributed by atoms with Gasteiger partial charge < -0.3 is 20.7 Å². The van der Waals surface area contributed by atoms with E-state index in [2.05, 4.69) is 20.6 Å². The van der Waals surface area contributed by atoms with Crippen molar-refractivity contribution in [2.24, 2.45) is 0 Å². The molecule has 0 radical (unpaired) electrons. The van der Waals surface area contributed by atoms with Gasteiger partial charge in [-0.25, -0.2) is 14.6 Å². The van der Waals surface area contributed by atoms with Gasteiger partial charge >= 0.3 is 12.0 Å². The number of carboxylic acids is 1. The fourth-order valence-electron chi connectivity index (χ4n) is 1.90. The quantitative estimate of drug-likeness (QED) is 0.672. The molecule has 7 nitrogen and oxygen atoms in total. The third-order valence-electron chi connectivity index (χ3n) is 3.05. The molecule has 1 aromatic heterocycles. The summed E-state index contributed by atoms with van der Waals surface area (Å²) in [6, 6.07) is 4.38. The average Bonchev–Trinajstić information content (AvgIpc) is 2.94. The summed E-state index contributed by atoms with van der Waals surface area (Å²) in [5.74, 6) is -1.02. The van der Waals surface area contributed by atoms with Crippen molar-refractivity contribution in [2.75, 3.05) is 11.9 Å². The van der Waals surface area contributed by atoms with E-state index in [1.165, 1.54) is 6.07 Å². The number of imidazole rings is 1. The standard InChI is InChI=1S/C14H16N4O3/c1-9-11(13(19)20)3-2-4-12(9)18-14(21)16-6-5-10-7-15-8-17-10/h2-4,7-8H,5-6H2,1H3,(H,15,17)(H,19,20)(H2,16,18,21). The minimum absolute atomic E-state index is 0.172. The third-order valence-corrected chi connectivity index (χ3v) is 3.05. The van der Waals surface area contributed by atoms with Crippen molar-refractivity contribution in [3.63, 3.8) is 0 Å². The number of urea groups is 1. The van der Waals surface area contributed by atoms with Gasteiger partial charge in [0, 0.05) is 30.5 Å². The summed E-state index contributed by atoms with van der Waals surface area (Å²) in [7, 11) is 0. The number of benzene rings is 1. The Morgan fingerprint density at radius 3 is 2.86 bits per heavy atom. The first-order valence-electron chi connectivity index (χ1n) is 6.43. The number of hydrogen-bond acceptors (Lipinski definition) is 3. The molecule has 0 fully saturated rings. The number of amides is 2. The first-order chi connectivity index (χ1) is 10.1. The van der Waals surface area contributed by atoms with E-state index < -0.39 is 5.97 Å². The van der Waals surface area contributed by atoms with Gasteiger partial charge in [0.15, 0.2) is 0 Å².